The van der Waals surface area contributed by atoms with Crippen molar-refractivity contribution in [2.24, 2.45) is 0 Å². The molecular weight excluding hydrogens is 266 g/mol. The number of amides is 1. The van der Waals surface area contributed by atoms with Crippen LogP contribution in [-0.4, -0.2) is 37.5 Å². The van der Waals surface area contributed by atoms with Crippen molar-refractivity contribution in [1.29, 1.82) is 0 Å². The number of aromatic amines is 1. The number of carbonyl (C=O) groups excluding carboxylic acids is 1. The Labute approximate surface area is 123 Å². The number of likely N-dealkylation sites (tertiary alicyclic amines) is 1. The highest BCUT2D eigenvalue weighted by molar-refractivity contribution is 5.74. The Morgan fingerprint density at radius 3 is 2.95 bits per heavy atom. The van der Waals surface area contributed by atoms with Crippen molar-refractivity contribution in [3.63, 3.8) is 0 Å². The Bertz CT molecular complexity index is 638. The fourth-order valence-electron chi connectivity index (χ4n) is 2.91. The predicted molar refractivity (Wildman–Crippen MR) is 78.3 cm³/mol. The Morgan fingerprint density at radius 2 is 2.24 bits per heavy atom. The first-order valence-corrected chi connectivity index (χ1v) is 7.27. The van der Waals surface area contributed by atoms with Crippen molar-refractivity contribution in [1.82, 2.24) is 25.1 Å². The Morgan fingerprint density at radius 1 is 1.38 bits per heavy atom. The van der Waals surface area contributed by atoms with Crippen LogP contribution in [0, 0.1) is 6.92 Å². The van der Waals surface area contributed by atoms with Crippen LogP contribution >= 0.6 is 0 Å². The summed E-state index contributed by atoms with van der Waals surface area (Å²) in [6, 6.07) is 3.90. The van der Waals surface area contributed by atoms with Gasteiger partial charge in [0, 0.05) is 19.7 Å². The van der Waals surface area contributed by atoms with Crippen LogP contribution in [0.5, 0.6) is 0 Å². The second kappa shape index (κ2) is 5.63. The minimum atomic E-state index is 0.0552. The summed E-state index contributed by atoms with van der Waals surface area (Å²) in [7, 11) is 0. The van der Waals surface area contributed by atoms with E-state index >= 15 is 0 Å². The van der Waals surface area contributed by atoms with Gasteiger partial charge in [-0.2, -0.15) is 5.10 Å². The number of rotatable bonds is 2. The molecular formula is C15H19N5O. The van der Waals surface area contributed by atoms with Gasteiger partial charge in [0.25, 0.3) is 0 Å². The molecule has 2 aromatic heterocycles. The molecule has 0 spiro atoms. The zero-order valence-corrected chi connectivity index (χ0v) is 12.3. The Balaban J connectivity index is 1.99. The van der Waals surface area contributed by atoms with Gasteiger partial charge in [0.1, 0.15) is 5.82 Å². The van der Waals surface area contributed by atoms with Crippen LogP contribution in [0.4, 0.5) is 0 Å². The second-order valence-electron chi connectivity index (χ2n) is 5.42. The zero-order chi connectivity index (χ0) is 14.8. The average molecular weight is 285 g/mol. The standard InChI is InChI=1S/C15H19N5O/c1-10-17-13(12-6-7-16-19-12)9-14(18-10)15-5-3-4-8-20(15)11(2)21/h6-7,9,15H,3-5,8H2,1-2H3,(H,16,19)/t15-/m1/s1. The highest BCUT2D eigenvalue weighted by atomic mass is 16.2. The Kier molecular flexibility index (Phi) is 3.68. The number of H-pyrrole nitrogens is 1. The van der Waals surface area contributed by atoms with E-state index in [2.05, 4.69) is 20.2 Å². The van der Waals surface area contributed by atoms with E-state index in [-0.39, 0.29) is 11.9 Å². The number of piperidine rings is 1. The molecule has 0 aromatic carbocycles. The lowest BCUT2D eigenvalue weighted by atomic mass is 9.98. The number of nitrogens with zero attached hydrogens (tertiary/aromatic N) is 4. The van der Waals surface area contributed by atoms with Crippen LogP contribution in [0.3, 0.4) is 0 Å². The lowest BCUT2D eigenvalue weighted by molar-refractivity contribution is -0.132. The molecule has 0 aliphatic carbocycles. The van der Waals surface area contributed by atoms with Crippen LogP contribution in [0.1, 0.15) is 43.7 Å². The van der Waals surface area contributed by atoms with Gasteiger partial charge in [0.2, 0.25) is 5.91 Å². The van der Waals surface area contributed by atoms with Gasteiger partial charge in [-0.3, -0.25) is 9.89 Å². The molecule has 110 valence electrons. The molecule has 1 aliphatic rings. The van der Waals surface area contributed by atoms with Crippen molar-refractivity contribution in [3.05, 3.63) is 29.8 Å². The van der Waals surface area contributed by atoms with E-state index in [1.165, 1.54) is 0 Å². The van der Waals surface area contributed by atoms with Gasteiger partial charge in [-0.25, -0.2) is 9.97 Å². The molecule has 1 amide bonds. The van der Waals surface area contributed by atoms with E-state index in [1.54, 1.807) is 13.1 Å². The summed E-state index contributed by atoms with van der Waals surface area (Å²) in [5.74, 6) is 0.824. The van der Waals surface area contributed by atoms with E-state index < -0.39 is 0 Å². The maximum absolute atomic E-state index is 11.8. The van der Waals surface area contributed by atoms with Crippen molar-refractivity contribution in [2.45, 2.75) is 39.2 Å². The predicted octanol–water partition coefficient (Wildman–Crippen LogP) is 2.25. The molecule has 0 saturated carbocycles. The van der Waals surface area contributed by atoms with E-state index in [4.69, 9.17) is 0 Å². The van der Waals surface area contributed by atoms with E-state index in [0.717, 1.165) is 42.9 Å². The fraction of sp³-hybridized carbons (Fsp3) is 0.467. The first-order valence-electron chi connectivity index (χ1n) is 7.27. The molecule has 1 saturated heterocycles. The molecule has 21 heavy (non-hydrogen) atoms. The van der Waals surface area contributed by atoms with Gasteiger partial charge in [-0.05, 0) is 38.3 Å². The third-order valence-corrected chi connectivity index (χ3v) is 3.88. The number of hydrogen-bond donors (Lipinski definition) is 1. The average Bonchev–Trinajstić information content (AvgIpc) is 3.01. The van der Waals surface area contributed by atoms with Crippen LogP contribution in [-0.2, 0) is 4.79 Å². The summed E-state index contributed by atoms with van der Waals surface area (Å²) >= 11 is 0. The monoisotopic (exact) mass is 285 g/mol. The summed E-state index contributed by atoms with van der Waals surface area (Å²) < 4.78 is 0. The summed E-state index contributed by atoms with van der Waals surface area (Å²) in [4.78, 5) is 22.8. The second-order valence-corrected chi connectivity index (χ2v) is 5.42. The van der Waals surface area contributed by atoms with Crippen molar-refractivity contribution in [2.75, 3.05) is 6.54 Å². The third kappa shape index (κ3) is 2.79. The van der Waals surface area contributed by atoms with Gasteiger partial charge >= 0.3 is 0 Å². The van der Waals surface area contributed by atoms with E-state index in [9.17, 15) is 4.79 Å². The maximum Gasteiger partial charge on any atom is 0.220 e. The number of nitrogens with one attached hydrogen (secondary N) is 1. The number of carbonyl (C=O) groups is 1. The molecule has 1 N–H and O–H groups in total. The molecule has 0 radical (unpaired) electrons. The van der Waals surface area contributed by atoms with Crippen molar-refractivity contribution >= 4 is 5.91 Å². The molecule has 1 aliphatic heterocycles. The molecule has 3 heterocycles. The summed E-state index contributed by atoms with van der Waals surface area (Å²) in [6.07, 6.45) is 4.85. The molecule has 2 aromatic rings. The first-order chi connectivity index (χ1) is 10.1. The number of aromatic nitrogens is 4. The molecule has 1 fully saturated rings. The molecule has 6 heteroatoms. The first kappa shape index (κ1) is 13.7. The minimum absolute atomic E-state index is 0.0552. The number of hydrogen-bond acceptors (Lipinski definition) is 4. The van der Waals surface area contributed by atoms with E-state index in [0.29, 0.717) is 5.82 Å². The van der Waals surface area contributed by atoms with Gasteiger partial charge in [-0.15, -0.1) is 0 Å². The van der Waals surface area contributed by atoms with Gasteiger partial charge in [0.15, 0.2) is 0 Å². The van der Waals surface area contributed by atoms with Crippen LogP contribution in [0.25, 0.3) is 11.4 Å². The molecule has 0 bridgehead atoms. The highest BCUT2D eigenvalue weighted by Crippen LogP contribution is 2.31. The van der Waals surface area contributed by atoms with Crippen molar-refractivity contribution in [3.8, 4) is 11.4 Å². The van der Waals surface area contributed by atoms with Crippen LogP contribution in [0.15, 0.2) is 18.3 Å². The third-order valence-electron chi connectivity index (χ3n) is 3.88. The highest BCUT2D eigenvalue weighted by Gasteiger charge is 2.27. The smallest absolute Gasteiger partial charge is 0.220 e. The summed E-state index contributed by atoms with van der Waals surface area (Å²) in [5, 5.41) is 6.89. The summed E-state index contributed by atoms with van der Waals surface area (Å²) in [5.41, 5.74) is 2.61. The molecule has 6 nitrogen and oxygen atoms in total. The van der Waals surface area contributed by atoms with Gasteiger partial charge in [-0.1, -0.05) is 0 Å². The molecule has 1 atom stereocenters. The van der Waals surface area contributed by atoms with Gasteiger partial charge < -0.3 is 4.90 Å². The SMILES string of the molecule is CC(=O)N1CCCC[C@@H]1c1cc(-c2ccn[nH]2)nc(C)n1. The zero-order valence-electron chi connectivity index (χ0n) is 12.3. The fourth-order valence-corrected chi connectivity index (χ4v) is 2.91. The van der Waals surface area contributed by atoms with Gasteiger partial charge in [0.05, 0.1) is 23.1 Å². The lowest BCUT2D eigenvalue weighted by Crippen LogP contribution is -2.37. The maximum atomic E-state index is 11.8. The lowest BCUT2D eigenvalue weighted by Gasteiger charge is -2.34. The normalized spacial score (nSPS) is 18.8. The largest absolute Gasteiger partial charge is 0.334 e. The van der Waals surface area contributed by atoms with Crippen LogP contribution < -0.4 is 0 Å². The topological polar surface area (TPSA) is 74.8 Å². The Hall–Kier alpha value is -2.24. The van der Waals surface area contributed by atoms with E-state index in [1.807, 2.05) is 24.0 Å². The van der Waals surface area contributed by atoms with Crippen LogP contribution in [0.2, 0.25) is 0 Å². The summed E-state index contributed by atoms with van der Waals surface area (Å²) in [6.45, 7) is 4.31. The minimum Gasteiger partial charge on any atom is -0.334 e. The number of aryl methyl sites for hydroxylation is 1. The molecule has 3 rings (SSSR count). The quantitative estimate of drug-likeness (QED) is 0.918. The van der Waals surface area contributed by atoms with Crippen molar-refractivity contribution < 1.29 is 4.79 Å². The molecule has 0 unspecified atom stereocenters.